The van der Waals surface area contributed by atoms with Gasteiger partial charge in [0.1, 0.15) is 0 Å². The number of unbranched alkanes of at least 4 members (excludes halogenated alkanes) is 13. The molecule has 2 saturated heterocycles. The SMILES string of the molecule is CCCCCCCCCCCCCCCC.C[Si]1(C)O[Si](C)(C)O[Si](C)(C)O[Si](C)(C)O1.C[Si]1(C)O[Si](C)(C)O[Si](C)(C)O[Si](C)(C)O[Si](C)(C)O1.FC(F)(F)C(F)(F)C(F)(F)C(F)(F)C(F)(F)C(F)(F)C(F)(F)C(F)(F)F. The summed E-state index contributed by atoms with van der Waals surface area (Å²) in [6, 6.07) is 0. The molecule has 472 valence electrons. The Hall–Kier alpha value is 0.332. The van der Waals surface area contributed by atoms with E-state index in [2.05, 4.69) is 132 Å². The molecule has 2 fully saturated rings. The largest absolute Gasteiger partial charge is 0.460 e. The van der Waals surface area contributed by atoms with E-state index < -0.39 is 125 Å². The fourth-order valence-electron chi connectivity index (χ4n) is 8.93. The summed E-state index contributed by atoms with van der Waals surface area (Å²) in [5.74, 6) is -51.0. The monoisotopic (exact) mass is 1330 g/mol. The lowest BCUT2D eigenvalue weighted by atomic mass is 9.91. The smallest absolute Gasteiger partial charge is 0.416 e. The molecule has 0 aromatic carbocycles. The van der Waals surface area contributed by atoms with Crippen molar-refractivity contribution in [1.29, 1.82) is 0 Å². The molecule has 0 atom stereocenters. The third-order valence-electron chi connectivity index (χ3n) is 10.6. The molecule has 0 aromatic heterocycles. The highest BCUT2D eigenvalue weighted by Crippen LogP contribution is 2.64. The van der Waals surface area contributed by atoms with Crippen LogP contribution in [0.2, 0.25) is 118 Å². The highest BCUT2D eigenvalue weighted by Gasteiger charge is 2.95. The predicted octanol–water partition coefficient (Wildman–Crippen LogP) is 18.9. The van der Waals surface area contributed by atoms with E-state index in [9.17, 15) is 79.0 Å². The minimum Gasteiger partial charge on any atom is -0.416 e. The van der Waals surface area contributed by atoms with Gasteiger partial charge >= 0.3 is 125 Å². The zero-order chi connectivity index (χ0) is 62.8. The molecule has 2 aliphatic heterocycles. The number of alkyl halides is 18. The number of hydrogen-bond donors (Lipinski definition) is 0. The molecule has 2 heterocycles. The van der Waals surface area contributed by atoms with Gasteiger partial charge in [0, 0.05) is 0 Å². The Labute approximate surface area is 460 Å². The van der Waals surface area contributed by atoms with Gasteiger partial charge in [0.2, 0.25) is 0 Å². The predicted molar refractivity (Wildman–Crippen MR) is 285 cm³/mol. The Morgan fingerprint density at radius 1 is 0.192 bits per heavy atom. The van der Waals surface area contributed by atoms with Crippen molar-refractivity contribution in [3.8, 4) is 0 Å². The lowest BCUT2D eigenvalue weighted by molar-refractivity contribution is -0.468. The number of halogens is 18. The molecule has 36 heteroatoms. The van der Waals surface area contributed by atoms with E-state index in [1.807, 2.05) is 0 Å². The average Bonchev–Trinajstić information content (AvgIpc) is 3.12. The molecule has 0 amide bonds. The third kappa shape index (κ3) is 25.5. The van der Waals surface area contributed by atoms with Crippen molar-refractivity contribution in [3.63, 3.8) is 0 Å². The summed E-state index contributed by atoms with van der Waals surface area (Å²) in [7, 11) is -19.7. The summed E-state index contributed by atoms with van der Waals surface area (Å²) < 4.78 is 277. The maximum atomic E-state index is 12.8. The highest BCUT2D eigenvalue weighted by atomic mass is 28.5. The number of hydrogen-bond acceptors (Lipinski definition) is 9. The maximum absolute atomic E-state index is 12.8. The molecule has 0 bridgehead atoms. The van der Waals surface area contributed by atoms with Crippen molar-refractivity contribution in [2.24, 2.45) is 0 Å². The van der Waals surface area contributed by atoms with Crippen molar-refractivity contribution in [2.45, 2.75) is 269 Å². The first-order valence-corrected chi connectivity index (χ1v) is 51.1. The summed E-state index contributed by atoms with van der Waals surface area (Å²) in [4.78, 5) is 0. The van der Waals surface area contributed by atoms with Gasteiger partial charge in [-0.2, -0.15) is 79.0 Å². The van der Waals surface area contributed by atoms with Gasteiger partial charge in [0.15, 0.2) is 0 Å². The first kappa shape index (κ1) is 80.4. The Kier molecular flexibility index (Phi) is 29.6. The molecule has 0 unspecified atom stereocenters. The van der Waals surface area contributed by atoms with Crippen molar-refractivity contribution in [2.75, 3.05) is 0 Å². The van der Waals surface area contributed by atoms with Crippen LogP contribution in [0, 0.1) is 0 Å². The standard InChI is InChI=1S/C16H34.C10H30O5Si5.C8F18.C8H24O4Si4/c1-3-5-7-9-11-13-15-16-14-12-10-8-6-4-2;1-16(2)11-17(3,4)13-19(7,8)15-20(9,10)14-18(5,6)12-16;9-1(10,3(13,14)5(17,18)7(21,22)23)2(11,12)4(15,16)6(19,20)8(24,25)26;1-13(2)9-14(3,4)11-16(7,8)12-15(5,6)10-13/h3-16H2,1-2H3;1-10H3;;1-8H3. The van der Waals surface area contributed by atoms with Gasteiger partial charge < -0.3 is 37.0 Å². The molecular formula is C42H88F18O9Si9. The Morgan fingerprint density at radius 2 is 0.295 bits per heavy atom. The quantitative estimate of drug-likeness (QED) is 0.0757. The lowest BCUT2D eigenvalue weighted by Gasteiger charge is -2.46. The molecule has 78 heavy (non-hydrogen) atoms. The molecule has 0 aliphatic carbocycles. The fraction of sp³-hybridized carbons (Fsp3) is 1.00. The van der Waals surface area contributed by atoms with E-state index in [4.69, 9.17) is 37.0 Å². The summed E-state index contributed by atoms with van der Waals surface area (Å²) in [6.45, 7) is 41.9. The van der Waals surface area contributed by atoms with Crippen LogP contribution in [-0.4, -0.2) is 125 Å². The molecule has 2 aliphatic rings. The van der Waals surface area contributed by atoms with Crippen LogP contribution in [0.15, 0.2) is 0 Å². The van der Waals surface area contributed by atoms with Gasteiger partial charge in [-0.25, -0.2) is 0 Å². The zero-order valence-electron chi connectivity index (χ0n) is 48.9. The normalized spacial score (nSPS) is 22.4. The van der Waals surface area contributed by atoms with E-state index in [1.165, 1.54) is 89.9 Å². The first-order valence-electron chi connectivity index (χ1n) is 25.7. The van der Waals surface area contributed by atoms with E-state index >= 15 is 0 Å². The fourth-order valence-corrected chi connectivity index (χ4v) is 56.4. The van der Waals surface area contributed by atoms with Gasteiger partial charge in [-0.05, 0) is 118 Å². The second kappa shape index (κ2) is 28.7. The molecule has 9 nitrogen and oxygen atoms in total. The van der Waals surface area contributed by atoms with Gasteiger partial charge in [-0.1, -0.05) is 104 Å². The van der Waals surface area contributed by atoms with Crippen LogP contribution in [-0.2, 0) is 37.0 Å². The molecule has 0 radical (unpaired) electrons. The van der Waals surface area contributed by atoms with E-state index in [1.54, 1.807) is 0 Å². The van der Waals surface area contributed by atoms with Crippen molar-refractivity contribution in [1.82, 2.24) is 0 Å². The Balaban J connectivity index is 0. The van der Waals surface area contributed by atoms with Crippen molar-refractivity contribution in [3.05, 3.63) is 0 Å². The summed E-state index contributed by atoms with van der Waals surface area (Å²) in [5, 5.41) is 0. The molecule has 2 rings (SSSR count). The summed E-state index contributed by atoms with van der Waals surface area (Å²) >= 11 is 0. The average molecular weight is 1330 g/mol. The van der Waals surface area contributed by atoms with Crippen LogP contribution >= 0.6 is 0 Å². The van der Waals surface area contributed by atoms with E-state index in [-0.39, 0.29) is 0 Å². The second-order valence-corrected chi connectivity index (χ2v) is 55.7. The van der Waals surface area contributed by atoms with Crippen LogP contribution in [0.3, 0.4) is 0 Å². The Bertz CT molecular complexity index is 1560. The molecule has 0 spiro atoms. The summed E-state index contributed by atoms with van der Waals surface area (Å²) in [5.41, 5.74) is 0. The molecule has 0 aromatic rings. The maximum Gasteiger partial charge on any atom is 0.460 e. The lowest BCUT2D eigenvalue weighted by Crippen LogP contribution is -2.74. The van der Waals surface area contributed by atoms with Gasteiger partial charge in [-0.15, -0.1) is 0 Å². The minimum absolute atomic E-state index is 1.37. The van der Waals surface area contributed by atoms with Crippen molar-refractivity contribution < 1.29 is 116 Å². The van der Waals surface area contributed by atoms with Crippen LogP contribution in [0.25, 0.3) is 0 Å². The summed E-state index contributed by atoms with van der Waals surface area (Å²) in [6.07, 6.45) is 4.80. The highest BCUT2D eigenvalue weighted by molar-refractivity contribution is 6.94. The van der Waals surface area contributed by atoms with E-state index in [0.29, 0.717) is 0 Å². The van der Waals surface area contributed by atoms with Crippen LogP contribution in [0.4, 0.5) is 79.0 Å². The van der Waals surface area contributed by atoms with Crippen molar-refractivity contribution >= 4 is 77.0 Å². The van der Waals surface area contributed by atoms with Crippen LogP contribution in [0.1, 0.15) is 104 Å². The first-order chi connectivity index (χ1) is 34.0. The third-order valence-corrected chi connectivity index (χ3v) is 46.0. The van der Waals surface area contributed by atoms with Gasteiger partial charge in [-0.3, -0.25) is 0 Å². The van der Waals surface area contributed by atoms with Gasteiger partial charge in [0.25, 0.3) is 0 Å². The van der Waals surface area contributed by atoms with Gasteiger partial charge in [0.05, 0.1) is 0 Å². The second-order valence-electron chi connectivity index (χ2n) is 23.2. The van der Waals surface area contributed by atoms with E-state index in [0.717, 1.165) is 0 Å². The zero-order valence-corrected chi connectivity index (χ0v) is 57.9. The molecule has 0 N–H and O–H groups in total. The van der Waals surface area contributed by atoms with Crippen LogP contribution in [0.5, 0.6) is 0 Å². The Morgan fingerprint density at radius 3 is 0.397 bits per heavy atom. The minimum atomic E-state index is -8.72. The molecular weight excluding hydrogens is 1240 g/mol. The molecule has 0 saturated carbocycles. The topological polar surface area (TPSA) is 83.1 Å². The number of rotatable bonds is 18. The van der Waals surface area contributed by atoms with Crippen LogP contribution < -0.4 is 0 Å².